The van der Waals surface area contributed by atoms with E-state index in [1.165, 1.54) is 12.1 Å². The lowest BCUT2D eigenvalue weighted by Crippen LogP contribution is -2.67. The van der Waals surface area contributed by atoms with E-state index in [1.807, 2.05) is 4.90 Å². The summed E-state index contributed by atoms with van der Waals surface area (Å²) in [5.41, 5.74) is 1.27. The molecule has 2 aliphatic heterocycles. The van der Waals surface area contributed by atoms with Crippen LogP contribution in [-0.4, -0.2) is 36.9 Å². The molecule has 9 atom stereocenters. The molecular formula is C33H40FN3O4S. The number of carbonyl (C=O) groups excluding carboxylic acids is 2. The van der Waals surface area contributed by atoms with Crippen molar-refractivity contribution in [2.45, 2.75) is 71.9 Å². The molecule has 9 unspecified atom stereocenters. The van der Waals surface area contributed by atoms with Crippen molar-refractivity contribution in [1.82, 2.24) is 10.2 Å². The Balaban J connectivity index is 1.13. The summed E-state index contributed by atoms with van der Waals surface area (Å²) in [5, 5.41) is 3.14. The highest BCUT2D eigenvalue weighted by atomic mass is 32.2. The third kappa shape index (κ3) is 3.61. The van der Waals surface area contributed by atoms with Crippen LogP contribution in [0.4, 0.5) is 4.39 Å². The van der Waals surface area contributed by atoms with E-state index in [2.05, 4.69) is 23.6 Å². The first-order chi connectivity index (χ1) is 20.2. The van der Waals surface area contributed by atoms with Crippen molar-refractivity contribution in [3.05, 3.63) is 46.2 Å². The molecule has 224 valence electrons. The average molecular weight is 594 g/mol. The number of piperidine rings is 1. The Bertz CT molecular complexity index is 1510. The maximum absolute atomic E-state index is 14.5. The predicted octanol–water partition coefficient (Wildman–Crippen LogP) is 4.90. The fourth-order valence-electron chi connectivity index (χ4n) is 11.0. The monoisotopic (exact) mass is 593 g/mol. The van der Waals surface area contributed by atoms with Gasteiger partial charge in [0.1, 0.15) is 11.7 Å². The SMILES string of the molecule is CCCCCCCC1=C(C)NC(C2C(=O)C3C4C5C6C(C)C7C4C7C(C65)C3N(Cc3ccc(F)cc3)C2=O)=NS1(=O)=O. The molecule has 1 aromatic rings. The molecule has 7 aliphatic carbocycles. The Kier molecular flexibility index (Phi) is 5.94. The second kappa shape index (κ2) is 9.23. The molecule has 7 nitrogen and oxygen atoms in total. The number of carbonyl (C=O) groups is 2. The zero-order chi connectivity index (χ0) is 29.2. The second-order valence-corrected chi connectivity index (χ2v) is 15.8. The van der Waals surface area contributed by atoms with E-state index < -0.39 is 15.9 Å². The van der Waals surface area contributed by atoms with E-state index in [4.69, 9.17) is 0 Å². The van der Waals surface area contributed by atoms with Gasteiger partial charge in [-0.25, -0.2) is 4.39 Å². The van der Waals surface area contributed by atoms with Crippen molar-refractivity contribution in [2.24, 2.45) is 69.5 Å². The number of ketones is 1. The lowest BCUT2D eigenvalue weighted by molar-refractivity contribution is -0.163. The maximum Gasteiger partial charge on any atom is 0.281 e. The maximum atomic E-state index is 14.5. The van der Waals surface area contributed by atoms with Crippen molar-refractivity contribution in [2.75, 3.05) is 0 Å². The van der Waals surface area contributed by atoms with Crippen molar-refractivity contribution in [3.63, 3.8) is 0 Å². The van der Waals surface area contributed by atoms with Crippen LogP contribution in [0.3, 0.4) is 0 Å². The van der Waals surface area contributed by atoms with Crippen LogP contribution in [0.15, 0.2) is 39.3 Å². The van der Waals surface area contributed by atoms with Gasteiger partial charge in [-0.05, 0) is 90.7 Å². The number of nitrogens with one attached hydrogen (secondary N) is 1. The average Bonchev–Trinajstić information content (AvgIpc) is 3.86. The second-order valence-electron chi connectivity index (χ2n) is 14.2. The van der Waals surface area contributed by atoms with Gasteiger partial charge in [0.05, 0.1) is 4.91 Å². The number of halogens is 1. The molecule has 8 fully saturated rings. The molecule has 0 aromatic heterocycles. The van der Waals surface area contributed by atoms with E-state index >= 15 is 0 Å². The molecule has 2 heterocycles. The minimum absolute atomic E-state index is 0.0422. The van der Waals surface area contributed by atoms with Crippen LogP contribution < -0.4 is 5.32 Å². The third-order valence-electron chi connectivity index (χ3n) is 12.4. The summed E-state index contributed by atoms with van der Waals surface area (Å²) in [7, 11) is -4.01. The van der Waals surface area contributed by atoms with Crippen LogP contribution in [0, 0.1) is 70.9 Å². The number of Topliss-reactive ketones (excluding diaryl/α,β-unsaturated/α-hetero) is 1. The summed E-state index contributed by atoms with van der Waals surface area (Å²) in [5.74, 6) is 2.46. The van der Waals surface area contributed by atoms with Crippen LogP contribution in [0.2, 0.25) is 0 Å². The van der Waals surface area contributed by atoms with Gasteiger partial charge in [-0.2, -0.15) is 8.42 Å². The number of sulfonamides is 1. The molecule has 1 amide bonds. The van der Waals surface area contributed by atoms with Gasteiger partial charge in [0.25, 0.3) is 10.0 Å². The zero-order valence-electron chi connectivity index (χ0n) is 24.5. The van der Waals surface area contributed by atoms with Gasteiger partial charge >= 0.3 is 0 Å². The number of amidine groups is 1. The summed E-state index contributed by atoms with van der Waals surface area (Å²) in [6.45, 7) is 6.52. The number of hydrogen-bond donors (Lipinski definition) is 1. The Morgan fingerprint density at radius 1 is 0.905 bits per heavy atom. The molecule has 42 heavy (non-hydrogen) atoms. The molecule has 10 rings (SSSR count). The molecule has 1 saturated heterocycles. The number of benzene rings is 1. The first-order valence-corrected chi connectivity index (χ1v) is 17.5. The smallest absolute Gasteiger partial charge is 0.281 e. The van der Waals surface area contributed by atoms with Crippen LogP contribution in [0.5, 0.6) is 0 Å². The Morgan fingerprint density at radius 3 is 2.19 bits per heavy atom. The molecule has 0 spiro atoms. The predicted molar refractivity (Wildman–Crippen MR) is 155 cm³/mol. The highest BCUT2D eigenvalue weighted by Gasteiger charge is 2.88. The molecule has 1 N–H and O–H groups in total. The molecule has 8 bridgehead atoms. The molecule has 7 saturated carbocycles. The van der Waals surface area contributed by atoms with E-state index in [1.54, 1.807) is 19.1 Å². The van der Waals surface area contributed by atoms with Gasteiger partial charge in [-0.3, -0.25) is 9.59 Å². The van der Waals surface area contributed by atoms with Gasteiger partial charge in [-0.15, -0.1) is 4.40 Å². The lowest BCUT2D eigenvalue weighted by atomic mass is 9.57. The van der Waals surface area contributed by atoms with E-state index in [-0.39, 0.29) is 52.7 Å². The summed E-state index contributed by atoms with van der Waals surface area (Å²) in [6, 6.07) is 6.03. The highest BCUT2D eigenvalue weighted by molar-refractivity contribution is 7.94. The minimum atomic E-state index is -4.01. The Labute approximate surface area is 247 Å². The van der Waals surface area contributed by atoms with Gasteiger partial charge in [-0.1, -0.05) is 51.7 Å². The van der Waals surface area contributed by atoms with Crippen molar-refractivity contribution >= 4 is 27.5 Å². The molecular weight excluding hydrogens is 553 g/mol. The summed E-state index contributed by atoms with van der Waals surface area (Å²) in [4.78, 5) is 31.0. The quantitative estimate of drug-likeness (QED) is 0.325. The van der Waals surface area contributed by atoms with Gasteiger partial charge < -0.3 is 10.2 Å². The standard InChI is InChI=1S/C33H40FN3O4S/c1-4-5-6-7-8-9-19-16(3)35-32(36-42(19,40)41)29-31(38)28-26-22-20-15(2)21-23(26)25(21)27(24(20)22)30(28)37(33(29)39)14-17-10-12-18(34)13-11-17/h10-13,15,20-30H,4-9,14H2,1-3H3,(H,35,36). The minimum Gasteiger partial charge on any atom is -0.345 e. The summed E-state index contributed by atoms with van der Waals surface area (Å²) in [6.07, 6.45) is 5.40. The van der Waals surface area contributed by atoms with E-state index in [0.29, 0.717) is 59.5 Å². The molecule has 1 aromatic carbocycles. The van der Waals surface area contributed by atoms with Crippen LogP contribution in [0.1, 0.15) is 64.9 Å². The normalized spacial score (nSPS) is 43.1. The topological polar surface area (TPSA) is 95.9 Å². The lowest BCUT2D eigenvalue weighted by Gasteiger charge is -2.55. The number of amides is 1. The number of rotatable bonds is 9. The number of hydrogen-bond acceptors (Lipinski definition) is 5. The largest absolute Gasteiger partial charge is 0.345 e. The van der Waals surface area contributed by atoms with Gasteiger partial charge in [0.15, 0.2) is 11.7 Å². The molecule has 0 radical (unpaired) electrons. The van der Waals surface area contributed by atoms with Gasteiger partial charge in [0, 0.05) is 24.2 Å². The zero-order valence-corrected chi connectivity index (χ0v) is 25.3. The highest BCUT2D eigenvalue weighted by Crippen LogP contribution is 2.88. The first-order valence-electron chi connectivity index (χ1n) is 16.1. The first kappa shape index (κ1) is 27.0. The van der Waals surface area contributed by atoms with Gasteiger partial charge in [0.2, 0.25) is 5.91 Å². The fraction of sp³-hybridized carbons (Fsp3) is 0.667. The summed E-state index contributed by atoms with van der Waals surface area (Å²) >= 11 is 0. The van der Waals surface area contributed by atoms with Crippen molar-refractivity contribution in [3.8, 4) is 0 Å². The molecule has 9 aliphatic rings. The van der Waals surface area contributed by atoms with Crippen molar-refractivity contribution in [1.29, 1.82) is 0 Å². The van der Waals surface area contributed by atoms with Crippen LogP contribution in [0.25, 0.3) is 0 Å². The van der Waals surface area contributed by atoms with Crippen LogP contribution in [-0.2, 0) is 26.2 Å². The number of allylic oxidation sites excluding steroid dienone is 2. The fourth-order valence-corrected chi connectivity index (χ4v) is 12.4. The summed E-state index contributed by atoms with van der Waals surface area (Å²) < 4.78 is 44.8. The third-order valence-corrected chi connectivity index (χ3v) is 13.9. The van der Waals surface area contributed by atoms with E-state index in [9.17, 15) is 22.4 Å². The Hall–Kier alpha value is -2.55. The Morgan fingerprint density at radius 2 is 1.55 bits per heavy atom. The van der Waals surface area contributed by atoms with Crippen LogP contribution >= 0.6 is 0 Å². The van der Waals surface area contributed by atoms with Crippen molar-refractivity contribution < 1.29 is 22.4 Å². The van der Waals surface area contributed by atoms with E-state index in [0.717, 1.165) is 37.7 Å². The number of unbranched alkanes of at least 4 members (excludes halogenated alkanes) is 4. The molecule has 9 heteroatoms. The number of nitrogens with zero attached hydrogens (tertiary/aromatic N) is 2. The number of likely N-dealkylation sites (tertiary alicyclic amines) is 1.